The summed E-state index contributed by atoms with van der Waals surface area (Å²) in [6.07, 6.45) is 1.80. The minimum atomic E-state index is -0.936. The smallest absolute Gasteiger partial charge is 0.304 e. The number of non-ortho nitro benzene ring substituents is 1. The first kappa shape index (κ1) is 21.0. The normalized spacial score (nSPS) is 11.4. The molecule has 10 nitrogen and oxygen atoms in total. The van der Waals surface area contributed by atoms with Gasteiger partial charge in [0.2, 0.25) is 5.91 Å². The summed E-state index contributed by atoms with van der Waals surface area (Å²) < 4.78 is 0. The third-order valence-electron chi connectivity index (χ3n) is 3.51. The van der Waals surface area contributed by atoms with E-state index in [1.54, 1.807) is 0 Å². The molecule has 2 amide bonds. The SMILES string of the molecule is N[C@H](CCCCNC(=O)CNC(=O)c1ccc([N+](=O)[O-])cc1)CC(=O)O. The maximum atomic E-state index is 11.8. The Bertz CT molecular complexity index is 647. The van der Waals surface area contributed by atoms with Crippen LogP contribution in [0.25, 0.3) is 0 Å². The number of aliphatic carboxylic acids is 1. The first-order chi connectivity index (χ1) is 12.3. The Labute approximate surface area is 149 Å². The van der Waals surface area contributed by atoms with Gasteiger partial charge in [-0.25, -0.2) is 0 Å². The lowest BCUT2D eigenvalue weighted by Gasteiger charge is -2.09. The second kappa shape index (κ2) is 10.8. The fraction of sp³-hybridized carbons (Fsp3) is 0.438. The van der Waals surface area contributed by atoms with Crippen LogP contribution in [0.15, 0.2) is 24.3 Å². The molecule has 0 spiro atoms. The molecule has 0 bridgehead atoms. The van der Waals surface area contributed by atoms with Gasteiger partial charge in [0.1, 0.15) is 0 Å². The summed E-state index contributed by atoms with van der Waals surface area (Å²) in [6, 6.07) is 4.65. The molecule has 0 aliphatic rings. The number of benzene rings is 1. The molecule has 10 heteroatoms. The minimum absolute atomic E-state index is 0.0823. The zero-order chi connectivity index (χ0) is 19.5. The molecule has 0 heterocycles. The second-order valence-corrected chi connectivity index (χ2v) is 5.69. The van der Waals surface area contributed by atoms with Crippen molar-refractivity contribution in [1.82, 2.24) is 10.6 Å². The van der Waals surface area contributed by atoms with E-state index in [1.165, 1.54) is 24.3 Å². The molecule has 1 aromatic carbocycles. The Balaban J connectivity index is 2.20. The highest BCUT2D eigenvalue weighted by atomic mass is 16.6. The quantitative estimate of drug-likeness (QED) is 0.250. The average molecular weight is 366 g/mol. The number of nitro groups is 1. The number of rotatable bonds is 11. The monoisotopic (exact) mass is 366 g/mol. The Morgan fingerprint density at radius 3 is 2.38 bits per heavy atom. The van der Waals surface area contributed by atoms with Crippen LogP contribution in [0, 0.1) is 10.1 Å². The molecule has 142 valence electrons. The molecule has 0 saturated carbocycles. The van der Waals surface area contributed by atoms with Crippen LogP contribution >= 0.6 is 0 Å². The Hall–Kier alpha value is -3.01. The van der Waals surface area contributed by atoms with Gasteiger partial charge < -0.3 is 21.5 Å². The molecule has 5 N–H and O–H groups in total. The van der Waals surface area contributed by atoms with Crippen LogP contribution in [0.3, 0.4) is 0 Å². The van der Waals surface area contributed by atoms with Crippen molar-refractivity contribution in [3.63, 3.8) is 0 Å². The van der Waals surface area contributed by atoms with Gasteiger partial charge in [0.25, 0.3) is 11.6 Å². The summed E-state index contributed by atoms with van der Waals surface area (Å²) in [6.45, 7) is 0.181. The van der Waals surface area contributed by atoms with Gasteiger partial charge in [0.05, 0.1) is 17.9 Å². The van der Waals surface area contributed by atoms with Gasteiger partial charge in [-0.15, -0.1) is 0 Å². The molecule has 0 fully saturated rings. The van der Waals surface area contributed by atoms with Crippen LogP contribution in [-0.2, 0) is 9.59 Å². The zero-order valence-electron chi connectivity index (χ0n) is 14.1. The third kappa shape index (κ3) is 8.20. The molecular weight excluding hydrogens is 344 g/mol. The van der Waals surface area contributed by atoms with E-state index in [2.05, 4.69) is 10.6 Å². The van der Waals surface area contributed by atoms with Crippen molar-refractivity contribution < 1.29 is 24.4 Å². The number of carbonyl (C=O) groups excluding carboxylic acids is 2. The zero-order valence-corrected chi connectivity index (χ0v) is 14.1. The molecule has 0 aromatic heterocycles. The van der Waals surface area contributed by atoms with E-state index >= 15 is 0 Å². The molecular formula is C16H22N4O6. The van der Waals surface area contributed by atoms with E-state index in [-0.39, 0.29) is 30.1 Å². The fourth-order valence-corrected chi connectivity index (χ4v) is 2.15. The highest BCUT2D eigenvalue weighted by Crippen LogP contribution is 2.11. The number of carboxylic acid groups (broad SMARTS) is 1. The Morgan fingerprint density at radius 2 is 1.81 bits per heavy atom. The van der Waals surface area contributed by atoms with Crippen LogP contribution in [0.5, 0.6) is 0 Å². The first-order valence-corrected chi connectivity index (χ1v) is 8.06. The predicted octanol–water partition coefficient (Wildman–Crippen LogP) is 0.413. The van der Waals surface area contributed by atoms with Gasteiger partial charge in [-0.3, -0.25) is 24.5 Å². The minimum Gasteiger partial charge on any atom is -0.481 e. The van der Waals surface area contributed by atoms with Crippen LogP contribution in [0.1, 0.15) is 36.0 Å². The largest absolute Gasteiger partial charge is 0.481 e. The third-order valence-corrected chi connectivity index (χ3v) is 3.51. The van der Waals surface area contributed by atoms with Gasteiger partial charge in [0, 0.05) is 30.3 Å². The summed E-state index contributed by atoms with van der Waals surface area (Å²) in [4.78, 5) is 43.9. The standard InChI is InChI=1S/C16H22N4O6/c17-12(9-15(22)23)3-1-2-8-18-14(21)10-19-16(24)11-4-6-13(7-5-11)20(25)26/h4-7,12H,1-3,8-10,17H2,(H,18,21)(H,19,24)(H,22,23)/t12-/m1/s1. The van der Waals surface area contributed by atoms with Crippen molar-refractivity contribution in [3.8, 4) is 0 Å². The van der Waals surface area contributed by atoms with Crippen LogP contribution in [-0.4, -0.2) is 46.9 Å². The van der Waals surface area contributed by atoms with Crippen molar-refractivity contribution >= 4 is 23.5 Å². The molecule has 1 aromatic rings. The summed E-state index contributed by atoms with van der Waals surface area (Å²) in [5, 5.41) is 24.2. The lowest BCUT2D eigenvalue weighted by Crippen LogP contribution is -2.37. The number of nitro benzene ring substituents is 1. The predicted molar refractivity (Wildman–Crippen MR) is 92.5 cm³/mol. The summed E-state index contributed by atoms with van der Waals surface area (Å²) in [5.74, 6) is -1.81. The maximum Gasteiger partial charge on any atom is 0.304 e. The first-order valence-electron chi connectivity index (χ1n) is 8.06. The highest BCUT2D eigenvalue weighted by molar-refractivity contribution is 5.96. The number of nitrogens with zero attached hydrogens (tertiary/aromatic N) is 1. The molecule has 0 unspecified atom stereocenters. The van der Waals surface area contributed by atoms with E-state index in [0.29, 0.717) is 25.8 Å². The molecule has 0 aliphatic carbocycles. The lowest BCUT2D eigenvalue weighted by molar-refractivity contribution is -0.384. The number of carboxylic acids is 1. The van der Waals surface area contributed by atoms with E-state index < -0.39 is 22.8 Å². The topological polar surface area (TPSA) is 165 Å². The number of carbonyl (C=O) groups is 3. The number of amides is 2. The fourth-order valence-electron chi connectivity index (χ4n) is 2.15. The maximum absolute atomic E-state index is 11.8. The van der Waals surface area contributed by atoms with Gasteiger partial charge in [0.15, 0.2) is 0 Å². The molecule has 0 radical (unpaired) electrons. The van der Waals surface area contributed by atoms with Crippen molar-refractivity contribution in [2.45, 2.75) is 31.7 Å². The molecule has 0 saturated heterocycles. The van der Waals surface area contributed by atoms with Gasteiger partial charge in [-0.1, -0.05) is 6.42 Å². The van der Waals surface area contributed by atoms with E-state index in [0.717, 1.165) is 0 Å². The van der Waals surface area contributed by atoms with E-state index in [1.807, 2.05) is 0 Å². The second-order valence-electron chi connectivity index (χ2n) is 5.69. The van der Waals surface area contributed by atoms with Gasteiger partial charge in [-0.05, 0) is 25.0 Å². The number of hydrogen-bond acceptors (Lipinski definition) is 6. The average Bonchev–Trinajstić information content (AvgIpc) is 2.58. The molecule has 0 aliphatic heterocycles. The van der Waals surface area contributed by atoms with Crippen molar-refractivity contribution in [3.05, 3.63) is 39.9 Å². The molecule has 26 heavy (non-hydrogen) atoms. The van der Waals surface area contributed by atoms with Crippen LogP contribution in [0.2, 0.25) is 0 Å². The molecule has 1 atom stereocenters. The van der Waals surface area contributed by atoms with Gasteiger partial charge in [-0.2, -0.15) is 0 Å². The highest BCUT2D eigenvalue weighted by Gasteiger charge is 2.11. The van der Waals surface area contributed by atoms with Crippen molar-refractivity contribution in [1.29, 1.82) is 0 Å². The summed E-state index contributed by atoms with van der Waals surface area (Å²) in [7, 11) is 0. The Kier molecular flexibility index (Phi) is 8.71. The van der Waals surface area contributed by atoms with Gasteiger partial charge >= 0.3 is 5.97 Å². The number of unbranched alkanes of at least 4 members (excludes halogenated alkanes) is 1. The van der Waals surface area contributed by atoms with Crippen LogP contribution in [0.4, 0.5) is 5.69 Å². The number of nitrogens with two attached hydrogens (primary N) is 1. The van der Waals surface area contributed by atoms with E-state index in [4.69, 9.17) is 10.8 Å². The van der Waals surface area contributed by atoms with Crippen molar-refractivity contribution in [2.24, 2.45) is 5.73 Å². The van der Waals surface area contributed by atoms with Crippen molar-refractivity contribution in [2.75, 3.05) is 13.1 Å². The lowest BCUT2D eigenvalue weighted by atomic mass is 10.1. The summed E-state index contributed by atoms with van der Waals surface area (Å²) in [5.41, 5.74) is 5.72. The van der Waals surface area contributed by atoms with Crippen LogP contribution < -0.4 is 16.4 Å². The molecule has 1 rings (SSSR count). The Morgan fingerprint density at radius 1 is 1.15 bits per heavy atom. The number of hydrogen-bond donors (Lipinski definition) is 4. The summed E-state index contributed by atoms with van der Waals surface area (Å²) >= 11 is 0. The van der Waals surface area contributed by atoms with E-state index in [9.17, 15) is 24.5 Å². The number of nitrogens with one attached hydrogen (secondary N) is 2.